The molecule has 0 radical (unpaired) electrons. The zero-order valence-electron chi connectivity index (χ0n) is 13.6. The first kappa shape index (κ1) is 14.3. The van der Waals surface area contributed by atoms with Crippen LogP contribution in [0.1, 0.15) is 11.3 Å². The van der Waals surface area contributed by atoms with E-state index in [1.807, 2.05) is 48.5 Å². The van der Waals surface area contributed by atoms with E-state index >= 15 is 0 Å². The Balaban J connectivity index is 1.56. The lowest BCUT2D eigenvalue weighted by molar-refractivity contribution is -0.144. The molecule has 5 heteroatoms. The summed E-state index contributed by atoms with van der Waals surface area (Å²) in [7, 11) is 0. The minimum Gasteiger partial charge on any atom is -0.357 e. The van der Waals surface area contributed by atoms with Gasteiger partial charge in [0.1, 0.15) is 12.6 Å². The van der Waals surface area contributed by atoms with Gasteiger partial charge in [-0.2, -0.15) is 0 Å². The number of aromatic nitrogens is 1. The maximum Gasteiger partial charge on any atom is 0.250 e. The molecule has 2 aromatic carbocycles. The number of rotatable bonds is 1. The molecule has 1 N–H and O–H groups in total. The van der Waals surface area contributed by atoms with E-state index in [9.17, 15) is 9.59 Å². The van der Waals surface area contributed by atoms with Crippen molar-refractivity contribution in [2.75, 3.05) is 11.4 Å². The van der Waals surface area contributed by atoms with Crippen LogP contribution in [0.3, 0.4) is 0 Å². The number of hydrogen-bond acceptors (Lipinski definition) is 2. The highest BCUT2D eigenvalue weighted by Crippen LogP contribution is 2.33. The van der Waals surface area contributed by atoms with Crippen LogP contribution in [0.4, 0.5) is 5.69 Å². The number of anilines is 1. The first-order chi connectivity index (χ1) is 12.2. The monoisotopic (exact) mass is 331 g/mol. The molecule has 0 bridgehead atoms. The largest absolute Gasteiger partial charge is 0.357 e. The number of carbonyl (C=O) groups is 2. The number of amides is 2. The number of nitrogens with one attached hydrogen (secondary N) is 1. The smallest absolute Gasteiger partial charge is 0.250 e. The lowest BCUT2D eigenvalue weighted by atomic mass is 9.93. The second-order valence-electron chi connectivity index (χ2n) is 6.63. The van der Waals surface area contributed by atoms with Crippen LogP contribution in [-0.4, -0.2) is 34.3 Å². The number of aromatic amines is 1. The maximum atomic E-state index is 13.1. The van der Waals surface area contributed by atoms with E-state index in [-0.39, 0.29) is 18.4 Å². The molecule has 2 aliphatic heterocycles. The van der Waals surface area contributed by atoms with Crippen LogP contribution >= 0.6 is 0 Å². The van der Waals surface area contributed by atoms with Gasteiger partial charge in [-0.25, -0.2) is 0 Å². The van der Waals surface area contributed by atoms with E-state index < -0.39 is 6.04 Å². The number of H-pyrrole nitrogens is 1. The molecule has 1 atom stereocenters. The average Bonchev–Trinajstić information content (AvgIpc) is 3.02. The standard InChI is InChI=1S/C20H17N3O2/c24-19-12-22(13-6-2-1-3-7-13)20(25)18-10-15-14-8-4-5-9-16(14)21-17(15)11-23(18)19/h1-9,18,21H,10-12H2. The predicted octanol–water partition coefficient (Wildman–Crippen LogP) is 2.47. The second kappa shape index (κ2) is 5.21. The number of benzene rings is 2. The van der Waals surface area contributed by atoms with Gasteiger partial charge in [0, 0.05) is 28.7 Å². The number of para-hydroxylation sites is 2. The minimum atomic E-state index is -0.423. The zero-order valence-corrected chi connectivity index (χ0v) is 13.6. The van der Waals surface area contributed by atoms with Crippen molar-refractivity contribution in [3.8, 4) is 0 Å². The van der Waals surface area contributed by atoms with Gasteiger partial charge in [0.25, 0.3) is 5.91 Å². The van der Waals surface area contributed by atoms with Crippen LogP contribution in [0.2, 0.25) is 0 Å². The molecule has 5 rings (SSSR count). The van der Waals surface area contributed by atoms with Gasteiger partial charge in [-0.1, -0.05) is 36.4 Å². The fourth-order valence-corrected chi connectivity index (χ4v) is 4.00. The van der Waals surface area contributed by atoms with Crippen molar-refractivity contribution in [1.29, 1.82) is 0 Å². The van der Waals surface area contributed by atoms with Crippen molar-refractivity contribution in [3.63, 3.8) is 0 Å². The molecule has 0 saturated carbocycles. The van der Waals surface area contributed by atoms with Gasteiger partial charge < -0.3 is 14.8 Å². The molecule has 5 nitrogen and oxygen atoms in total. The third-order valence-electron chi connectivity index (χ3n) is 5.24. The van der Waals surface area contributed by atoms with E-state index in [0.29, 0.717) is 13.0 Å². The van der Waals surface area contributed by atoms with Crippen molar-refractivity contribution in [2.24, 2.45) is 0 Å². The summed E-state index contributed by atoms with van der Waals surface area (Å²) in [5.74, 6) is -0.000472. The Morgan fingerprint density at radius 1 is 0.920 bits per heavy atom. The summed E-state index contributed by atoms with van der Waals surface area (Å²) >= 11 is 0. The first-order valence-corrected chi connectivity index (χ1v) is 8.47. The summed E-state index contributed by atoms with van der Waals surface area (Å²) in [6, 6.07) is 17.1. The highest BCUT2D eigenvalue weighted by Gasteiger charge is 2.43. The van der Waals surface area contributed by atoms with E-state index in [1.165, 1.54) is 0 Å². The summed E-state index contributed by atoms with van der Waals surface area (Å²) in [4.78, 5) is 32.5. The SMILES string of the molecule is O=C1C2Cc3c([nH]c4ccccc34)CN2C(=O)CN1c1ccccc1. The van der Waals surface area contributed by atoms with Crippen LogP contribution in [0, 0.1) is 0 Å². The summed E-state index contributed by atoms with van der Waals surface area (Å²) in [5.41, 5.74) is 4.05. The first-order valence-electron chi connectivity index (χ1n) is 8.47. The van der Waals surface area contributed by atoms with Crippen LogP contribution in [-0.2, 0) is 22.6 Å². The highest BCUT2D eigenvalue weighted by molar-refractivity contribution is 6.07. The number of hydrogen-bond donors (Lipinski definition) is 1. The Morgan fingerprint density at radius 2 is 1.68 bits per heavy atom. The lowest BCUT2D eigenvalue weighted by Crippen LogP contribution is -2.61. The van der Waals surface area contributed by atoms with Crippen molar-refractivity contribution in [2.45, 2.75) is 19.0 Å². The number of fused-ring (bicyclic) bond motifs is 4. The third-order valence-corrected chi connectivity index (χ3v) is 5.24. The molecular weight excluding hydrogens is 314 g/mol. The topological polar surface area (TPSA) is 56.4 Å². The highest BCUT2D eigenvalue weighted by atomic mass is 16.2. The van der Waals surface area contributed by atoms with Crippen molar-refractivity contribution < 1.29 is 9.59 Å². The Morgan fingerprint density at radius 3 is 2.52 bits per heavy atom. The van der Waals surface area contributed by atoms with E-state index in [2.05, 4.69) is 11.1 Å². The van der Waals surface area contributed by atoms with Crippen molar-refractivity contribution >= 4 is 28.4 Å². The molecule has 124 valence electrons. The van der Waals surface area contributed by atoms with Crippen LogP contribution in [0.5, 0.6) is 0 Å². The lowest BCUT2D eigenvalue weighted by Gasteiger charge is -2.42. The zero-order chi connectivity index (χ0) is 17.0. The van der Waals surface area contributed by atoms with Gasteiger partial charge in [0.05, 0.1) is 6.54 Å². The summed E-state index contributed by atoms with van der Waals surface area (Å²) in [5, 5.41) is 1.15. The maximum absolute atomic E-state index is 13.1. The number of carbonyl (C=O) groups excluding carboxylic acids is 2. The fraction of sp³-hybridized carbons (Fsp3) is 0.200. The third kappa shape index (κ3) is 2.09. The van der Waals surface area contributed by atoms with Gasteiger partial charge in [-0.15, -0.1) is 0 Å². The van der Waals surface area contributed by atoms with Crippen molar-refractivity contribution in [1.82, 2.24) is 9.88 Å². The van der Waals surface area contributed by atoms with Crippen LogP contribution in [0.25, 0.3) is 10.9 Å². The molecule has 0 aliphatic carbocycles. The molecule has 1 fully saturated rings. The normalized spacial score (nSPS) is 19.9. The quantitative estimate of drug-likeness (QED) is 0.745. The molecular formula is C20H17N3O2. The molecule has 2 amide bonds. The predicted molar refractivity (Wildman–Crippen MR) is 95.1 cm³/mol. The molecule has 25 heavy (non-hydrogen) atoms. The van der Waals surface area contributed by atoms with Gasteiger partial charge in [-0.05, 0) is 23.8 Å². The van der Waals surface area contributed by atoms with E-state index in [0.717, 1.165) is 27.8 Å². The Labute approximate surface area is 144 Å². The van der Waals surface area contributed by atoms with E-state index in [4.69, 9.17) is 0 Å². The van der Waals surface area contributed by atoms with Gasteiger partial charge in [0.15, 0.2) is 0 Å². The average molecular weight is 331 g/mol. The van der Waals surface area contributed by atoms with Gasteiger partial charge in [-0.3, -0.25) is 9.59 Å². The number of nitrogens with zero attached hydrogens (tertiary/aromatic N) is 2. The van der Waals surface area contributed by atoms with Gasteiger partial charge >= 0.3 is 0 Å². The molecule has 1 unspecified atom stereocenters. The van der Waals surface area contributed by atoms with Gasteiger partial charge in [0.2, 0.25) is 5.91 Å². The number of piperazine rings is 1. The molecule has 0 spiro atoms. The molecule has 1 aromatic heterocycles. The summed E-state index contributed by atoms with van der Waals surface area (Å²) in [6.07, 6.45) is 0.563. The molecule has 1 saturated heterocycles. The van der Waals surface area contributed by atoms with Crippen LogP contribution in [0.15, 0.2) is 54.6 Å². The van der Waals surface area contributed by atoms with E-state index in [1.54, 1.807) is 9.80 Å². The Bertz CT molecular complexity index is 993. The van der Waals surface area contributed by atoms with Crippen LogP contribution < -0.4 is 4.90 Å². The molecule has 2 aliphatic rings. The fourth-order valence-electron chi connectivity index (χ4n) is 4.00. The summed E-state index contributed by atoms with van der Waals surface area (Å²) < 4.78 is 0. The Kier molecular flexibility index (Phi) is 2.98. The molecule has 3 heterocycles. The van der Waals surface area contributed by atoms with Crippen molar-refractivity contribution in [3.05, 3.63) is 65.9 Å². The minimum absolute atomic E-state index is 0.00160. The molecule has 3 aromatic rings. The second-order valence-corrected chi connectivity index (χ2v) is 6.63. The Hall–Kier alpha value is -3.08. The summed E-state index contributed by atoms with van der Waals surface area (Å²) in [6.45, 7) is 0.580.